The lowest BCUT2D eigenvalue weighted by molar-refractivity contribution is 0.242. The summed E-state index contributed by atoms with van der Waals surface area (Å²) in [5.74, 6) is -0.186. The van der Waals surface area contributed by atoms with E-state index in [4.69, 9.17) is 17.3 Å². The fraction of sp³-hybridized carbons (Fsp3) is 0.286. The van der Waals surface area contributed by atoms with Gasteiger partial charge in [-0.05, 0) is 19.2 Å². The quantitative estimate of drug-likeness (QED) is 0.912. The Balaban J connectivity index is 2.13. The van der Waals surface area contributed by atoms with Gasteiger partial charge in [-0.2, -0.15) is 0 Å². The van der Waals surface area contributed by atoms with E-state index in [2.05, 4.69) is 0 Å². The van der Waals surface area contributed by atoms with Crippen molar-refractivity contribution in [2.75, 3.05) is 13.6 Å². The molecule has 0 fully saturated rings. The van der Waals surface area contributed by atoms with E-state index in [1.165, 1.54) is 6.07 Å². The van der Waals surface area contributed by atoms with Crippen LogP contribution >= 0.6 is 22.9 Å². The first-order valence-electron chi connectivity index (χ1n) is 5.99. The summed E-state index contributed by atoms with van der Waals surface area (Å²) in [5.41, 5.74) is 6.51. The molecular formula is C14H16ClFN2S. The van der Waals surface area contributed by atoms with E-state index < -0.39 is 0 Å². The molecule has 2 nitrogen and oxygen atoms in total. The van der Waals surface area contributed by atoms with E-state index in [1.807, 2.05) is 29.5 Å². The molecular weight excluding hydrogens is 283 g/mol. The lowest BCUT2D eigenvalue weighted by Crippen LogP contribution is -2.29. The van der Waals surface area contributed by atoms with Crippen LogP contribution in [0.3, 0.4) is 0 Å². The number of rotatable bonds is 5. The van der Waals surface area contributed by atoms with Gasteiger partial charge in [0.15, 0.2) is 0 Å². The molecule has 2 rings (SSSR count). The van der Waals surface area contributed by atoms with Gasteiger partial charge >= 0.3 is 0 Å². The summed E-state index contributed by atoms with van der Waals surface area (Å²) in [5, 5.41) is 2.61. The Hall–Kier alpha value is -0.940. The van der Waals surface area contributed by atoms with Crippen LogP contribution in [0.4, 0.5) is 4.39 Å². The minimum absolute atomic E-state index is 0.0529. The Kier molecular flexibility index (Phi) is 4.93. The second kappa shape index (κ2) is 6.48. The molecule has 0 aliphatic rings. The number of hydrogen-bond acceptors (Lipinski definition) is 3. The second-order valence-electron chi connectivity index (χ2n) is 4.43. The zero-order valence-corrected chi connectivity index (χ0v) is 12.2. The van der Waals surface area contributed by atoms with Crippen LogP contribution in [0, 0.1) is 5.82 Å². The van der Waals surface area contributed by atoms with Crippen molar-refractivity contribution in [3.8, 4) is 0 Å². The number of hydrogen-bond donors (Lipinski definition) is 1. The van der Waals surface area contributed by atoms with E-state index >= 15 is 0 Å². The fourth-order valence-electron chi connectivity index (χ4n) is 2.02. The van der Waals surface area contributed by atoms with Crippen molar-refractivity contribution < 1.29 is 4.39 Å². The Morgan fingerprint density at radius 3 is 2.74 bits per heavy atom. The summed E-state index contributed by atoms with van der Waals surface area (Å²) < 4.78 is 13.6. The number of nitrogens with zero attached hydrogens (tertiary/aromatic N) is 1. The van der Waals surface area contributed by atoms with Crippen molar-refractivity contribution in [1.29, 1.82) is 0 Å². The molecule has 0 saturated heterocycles. The van der Waals surface area contributed by atoms with Gasteiger partial charge in [-0.3, -0.25) is 4.90 Å². The predicted molar refractivity (Wildman–Crippen MR) is 79.0 cm³/mol. The molecule has 1 unspecified atom stereocenters. The molecule has 1 heterocycles. The van der Waals surface area contributed by atoms with Crippen molar-refractivity contribution >= 4 is 22.9 Å². The number of likely N-dealkylation sites (N-methyl/N-ethyl adjacent to an activating group) is 1. The van der Waals surface area contributed by atoms with Crippen LogP contribution in [0.1, 0.15) is 16.5 Å². The summed E-state index contributed by atoms with van der Waals surface area (Å²) in [4.78, 5) is 3.15. The number of benzene rings is 1. The molecule has 1 atom stereocenters. The van der Waals surface area contributed by atoms with Gasteiger partial charge < -0.3 is 5.73 Å². The maximum atomic E-state index is 13.6. The molecule has 1 aromatic carbocycles. The van der Waals surface area contributed by atoms with Gasteiger partial charge in [0.05, 0.1) is 11.1 Å². The minimum Gasteiger partial charge on any atom is -0.329 e. The molecule has 5 heteroatoms. The Labute approximate surface area is 121 Å². The Morgan fingerprint density at radius 2 is 2.16 bits per heavy atom. The smallest absolute Gasteiger partial charge is 0.127 e. The van der Waals surface area contributed by atoms with E-state index in [9.17, 15) is 4.39 Å². The van der Waals surface area contributed by atoms with Gasteiger partial charge in [-0.15, -0.1) is 11.3 Å². The van der Waals surface area contributed by atoms with Gasteiger partial charge in [0.25, 0.3) is 0 Å². The molecule has 0 spiro atoms. The minimum atomic E-state index is -0.186. The topological polar surface area (TPSA) is 29.3 Å². The molecule has 2 N–H and O–H groups in total. The average Bonchev–Trinajstić information content (AvgIpc) is 2.80. The van der Waals surface area contributed by atoms with Crippen LogP contribution in [-0.2, 0) is 6.54 Å². The van der Waals surface area contributed by atoms with Gasteiger partial charge in [0.2, 0.25) is 0 Å². The molecule has 102 valence electrons. The summed E-state index contributed by atoms with van der Waals surface area (Å²) in [6.07, 6.45) is 0. The molecule has 19 heavy (non-hydrogen) atoms. The summed E-state index contributed by atoms with van der Waals surface area (Å²) in [7, 11) is 1.94. The lowest BCUT2D eigenvalue weighted by atomic mass is 10.1. The van der Waals surface area contributed by atoms with Gasteiger partial charge in [0, 0.05) is 28.9 Å². The second-order valence-corrected chi connectivity index (χ2v) is 5.80. The molecule has 2 aromatic rings. The molecule has 0 saturated carbocycles. The summed E-state index contributed by atoms with van der Waals surface area (Å²) in [6, 6.07) is 8.77. The largest absolute Gasteiger partial charge is 0.329 e. The fourth-order valence-corrected chi connectivity index (χ4v) is 3.28. The zero-order valence-electron chi connectivity index (χ0n) is 10.6. The van der Waals surface area contributed by atoms with Crippen LogP contribution in [0.25, 0.3) is 0 Å². The molecule has 0 amide bonds. The van der Waals surface area contributed by atoms with E-state index in [-0.39, 0.29) is 11.9 Å². The van der Waals surface area contributed by atoms with Crippen LogP contribution < -0.4 is 5.73 Å². The Bertz CT molecular complexity index is 544. The summed E-state index contributed by atoms with van der Waals surface area (Å²) in [6.45, 7) is 0.992. The first-order chi connectivity index (χ1) is 9.11. The molecule has 0 radical (unpaired) electrons. The highest BCUT2D eigenvalue weighted by atomic mass is 35.5. The lowest BCUT2D eigenvalue weighted by Gasteiger charge is -2.26. The first kappa shape index (κ1) is 14.5. The highest BCUT2D eigenvalue weighted by Gasteiger charge is 2.18. The van der Waals surface area contributed by atoms with Crippen molar-refractivity contribution in [2.24, 2.45) is 5.73 Å². The SMILES string of the molecule is CN(Cc1ccccc1F)C(CN)c1cc(Cl)cs1. The maximum Gasteiger partial charge on any atom is 0.127 e. The standard InChI is InChI=1S/C14H16ClFN2S/c1-18(8-10-4-2-3-5-12(10)16)13(7-17)14-6-11(15)9-19-14/h2-6,9,13H,7-8,17H2,1H3. The number of nitrogens with two attached hydrogens (primary N) is 1. The normalized spacial score (nSPS) is 12.9. The van der Waals surface area contributed by atoms with Crippen molar-refractivity contribution in [1.82, 2.24) is 4.90 Å². The molecule has 0 aliphatic heterocycles. The van der Waals surface area contributed by atoms with Crippen LogP contribution in [0.2, 0.25) is 5.02 Å². The van der Waals surface area contributed by atoms with Crippen LogP contribution in [0.5, 0.6) is 0 Å². The third kappa shape index (κ3) is 3.54. The van der Waals surface area contributed by atoms with Gasteiger partial charge in [0.1, 0.15) is 5.82 Å². The maximum absolute atomic E-state index is 13.6. The van der Waals surface area contributed by atoms with E-state index in [1.54, 1.807) is 23.5 Å². The van der Waals surface area contributed by atoms with Crippen molar-refractivity contribution in [2.45, 2.75) is 12.6 Å². The van der Waals surface area contributed by atoms with Crippen LogP contribution in [0.15, 0.2) is 35.7 Å². The zero-order chi connectivity index (χ0) is 13.8. The van der Waals surface area contributed by atoms with Gasteiger partial charge in [-0.25, -0.2) is 4.39 Å². The molecule has 0 aliphatic carbocycles. The average molecular weight is 299 g/mol. The molecule has 1 aromatic heterocycles. The molecule has 0 bridgehead atoms. The predicted octanol–water partition coefficient (Wildman–Crippen LogP) is 3.67. The van der Waals surface area contributed by atoms with Crippen molar-refractivity contribution in [3.63, 3.8) is 0 Å². The number of thiophene rings is 1. The van der Waals surface area contributed by atoms with Crippen molar-refractivity contribution in [3.05, 3.63) is 57.0 Å². The third-order valence-corrected chi connectivity index (χ3v) is 4.43. The first-order valence-corrected chi connectivity index (χ1v) is 7.25. The third-order valence-electron chi connectivity index (χ3n) is 3.05. The summed E-state index contributed by atoms with van der Waals surface area (Å²) >= 11 is 7.52. The Morgan fingerprint density at radius 1 is 1.42 bits per heavy atom. The van der Waals surface area contributed by atoms with Gasteiger partial charge in [-0.1, -0.05) is 29.8 Å². The van der Waals surface area contributed by atoms with E-state index in [0.717, 1.165) is 9.90 Å². The van der Waals surface area contributed by atoms with Crippen LogP contribution in [-0.4, -0.2) is 18.5 Å². The van der Waals surface area contributed by atoms with E-state index in [0.29, 0.717) is 18.7 Å². The number of halogens is 2. The highest BCUT2D eigenvalue weighted by Crippen LogP contribution is 2.29. The highest BCUT2D eigenvalue weighted by molar-refractivity contribution is 7.10. The monoisotopic (exact) mass is 298 g/mol.